The fourth-order valence-electron chi connectivity index (χ4n) is 3.55. The first kappa shape index (κ1) is 18.1. The Hall–Kier alpha value is -3.33. The van der Waals surface area contributed by atoms with Crippen LogP contribution in [0.1, 0.15) is 12.1 Å². The molecule has 0 amide bonds. The van der Waals surface area contributed by atoms with Crippen molar-refractivity contribution in [2.75, 3.05) is 13.7 Å². The summed E-state index contributed by atoms with van der Waals surface area (Å²) in [6.45, 7) is 1.97. The summed E-state index contributed by atoms with van der Waals surface area (Å²) in [5.41, 5.74) is 1.42. The Labute approximate surface area is 159 Å². The lowest BCUT2D eigenvalue weighted by atomic mass is 10.3. The first-order valence-corrected chi connectivity index (χ1v) is 8.93. The van der Waals surface area contributed by atoms with Crippen LogP contribution in [0, 0.1) is 6.92 Å². The van der Waals surface area contributed by atoms with E-state index in [9.17, 15) is 9.59 Å². The SMILES string of the molecule is COc1ccccc1-n1c(C)cn2c3c(=O)n(CCCO)c(=O)n(C)c3nc12. The molecule has 0 unspecified atom stereocenters. The Balaban J connectivity index is 2.10. The molecule has 0 aliphatic carbocycles. The predicted octanol–water partition coefficient (Wildman–Crippen LogP) is 0.838. The smallest absolute Gasteiger partial charge is 0.332 e. The number of hydrogen-bond acceptors (Lipinski definition) is 5. The van der Waals surface area contributed by atoms with Gasteiger partial charge in [0.25, 0.3) is 5.56 Å². The van der Waals surface area contributed by atoms with Crippen molar-refractivity contribution in [1.82, 2.24) is 23.1 Å². The number of imidazole rings is 2. The summed E-state index contributed by atoms with van der Waals surface area (Å²) in [5.74, 6) is 1.19. The van der Waals surface area contributed by atoms with Gasteiger partial charge in [-0.15, -0.1) is 0 Å². The topological polar surface area (TPSA) is 95.7 Å². The number of fused-ring (bicyclic) bond motifs is 3. The van der Waals surface area contributed by atoms with Crippen molar-refractivity contribution in [2.45, 2.75) is 19.9 Å². The Morgan fingerprint density at radius 3 is 2.68 bits per heavy atom. The van der Waals surface area contributed by atoms with E-state index in [0.717, 1.165) is 15.9 Å². The average molecular weight is 383 g/mol. The fourth-order valence-corrected chi connectivity index (χ4v) is 3.55. The maximum absolute atomic E-state index is 13.0. The molecule has 0 aliphatic heterocycles. The van der Waals surface area contributed by atoms with Gasteiger partial charge in [0.15, 0.2) is 11.2 Å². The Morgan fingerprint density at radius 2 is 1.96 bits per heavy atom. The summed E-state index contributed by atoms with van der Waals surface area (Å²) in [7, 11) is 3.19. The Morgan fingerprint density at radius 1 is 1.21 bits per heavy atom. The molecule has 0 saturated carbocycles. The zero-order chi connectivity index (χ0) is 20.0. The molecule has 0 saturated heterocycles. The minimum atomic E-state index is -0.452. The number of hydrogen-bond donors (Lipinski definition) is 1. The van der Waals surface area contributed by atoms with Gasteiger partial charge in [0.2, 0.25) is 5.78 Å². The zero-order valence-corrected chi connectivity index (χ0v) is 15.9. The van der Waals surface area contributed by atoms with Crippen LogP contribution in [0.5, 0.6) is 5.75 Å². The van der Waals surface area contributed by atoms with Crippen LogP contribution in [0.2, 0.25) is 0 Å². The molecule has 9 nitrogen and oxygen atoms in total. The third-order valence-corrected chi connectivity index (χ3v) is 4.89. The van der Waals surface area contributed by atoms with Crippen LogP contribution in [-0.4, -0.2) is 41.9 Å². The number of benzene rings is 1. The summed E-state index contributed by atoms with van der Waals surface area (Å²) in [6, 6.07) is 7.54. The molecule has 9 heteroatoms. The third-order valence-electron chi connectivity index (χ3n) is 4.89. The van der Waals surface area contributed by atoms with Crippen molar-refractivity contribution >= 4 is 16.9 Å². The maximum atomic E-state index is 13.0. The van der Waals surface area contributed by atoms with E-state index >= 15 is 0 Å². The average Bonchev–Trinajstić information content (AvgIpc) is 3.20. The highest BCUT2D eigenvalue weighted by Gasteiger charge is 2.21. The number of nitrogens with zero attached hydrogens (tertiary/aromatic N) is 5. The number of aryl methyl sites for hydroxylation is 2. The van der Waals surface area contributed by atoms with Crippen LogP contribution in [0.3, 0.4) is 0 Å². The molecular formula is C19H21N5O4. The van der Waals surface area contributed by atoms with Gasteiger partial charge in [0, 0.05) is 32.1 Å². The number of para-hydroxylation sites is 2. The monoisotopic (exact) mass is 383 g/mol. The highest BCUT2D eigenvalue weighted by Crippen LogP contribution is 2.27. The molecule has 146 valence electrons. The van der Waals surface area contributed by atoms with Gasteiger partial charge >= 0.3 is 5.69 Å². The lowest BCUT2D eigenvalue weighted by Crippen LogP contribution is -2.39. The molecule has 0 bridgehead atoms. The molecule has 4 aromatic rings. The van der Waals surface area contributed by atoms with E-state index in [-0.39, 0.29) is 13.2 Å². The molecule has 0 fully saturated rings. The summed E-state index contributed by atoms with van der Waals surface area (Å²) < 4.78 is 11.6. The number of aromatic nitrogens is 5. The van der Waals surface area contributed by atoms with E-state index in [0.29, 0.717) is 29.1 Å². The molecular weight excluding hydrogens is 362 g/mol. The quantitative estimate of drug-likeness (QED) is 0.551. The summed E-state index contributed by atoms with van der Waals surface area (Å²) in [5, 5.41) is 9.08. The Kier molecular flexibility index (Phi) is 4.31. The minimum absolute atomic E-state index is 0.0985. The van der Waals surface area contributed by atoms with Crippen molar-refractivity contribution in [3.63, 3.8) is 0 Å². The molecule has 0 radical (unpaired) electrons. The molecule has 1 aromatic carbocycles. The van der Waals surface area contributed by atoms with Gasteiger partial charge in [-0.05, 0) is 25.5 Å². The third kappa shape index (κ3) is 2.47. The van der Waals surface area contributed by atoms with Crippen molar-refractivity contribution in [2.24, 2.45) is 7.05 Å². The van der Waals surface area contributed by atoms with Crippen LogP contribution in [-0.2, 0) is 13.6 Å². The van der Waals surface area contributed by atoms with E-state index in [1.165, 1.54) is 4.57 Å². The largest absolute Gasteiger partial charge is 0.495 e. The number of methoxy groups -OCH3 is 1. The number of rotatable bonds is 5. The molecule has 0 spiro atoms. The molecule has 28 heavy (non-hydrogen) atoms. The van der Waals surface area contributed by atoms with Crippen LogP contribution in [0.15, 0.2) is 40.1 Å². The fraction of sp³-hybridized carbons (Fsp3) is 0.316. The van der Waals surface area contributed by atoms with Crippen molar-refractivity contribution < 1.29 is 9.84 Å². The minimum Gasteiger partial charge on any atom is -0.495 e. The van der Waals surface area contributed by atoms with E-state index in [4.69, 9.17) is 9.84 Å². The van der Waals surface area contributed by atoms with E-state index in [1.807, 2.05) is 42.0 Å². The normalized spacial score (nSPS) is 11.6. The van der Waals surface area contributed by atoms with E-state index < -0.39 is 11.2 Å². The molecule has 0 aliphatic rings. The lowest BCUT2D eigenvalue weighted by molar-refractivity contribution is 0.277. The van der Waals surface area contributed by atoms with Crippen LogP contribution in [0.25, 0.3) is 22.6 Å². The molecule has 0 atom stereocenters. The van der Waals surface area contributed by atoms with Gasteiger partial charge in [0.1, 0.15) is 5.75 Å². The first-order chi connectivity index (χ1) is 13.5. The van der Waals surface area contributed by atoms with Gasteiger partial charge in [-0.25, -0.2) is 4.79 Å². The van der Waals surface area contributed by atoms with Crippen molar-refractivity contribution in [3.8, 4) is 11.4 Å². The molecule has 3 aromatic heterocycles. The molecule has 4 rings (SSSR count). The number of aliphatic hydroxyl groups excluding tert-OH is 1. The molecule has 3 heterocycles. The standard InChI is InChI=1S/C19H21N5O4/c1-12-11-23-15-16(21(2)19(27)22(17(15)26)9-6-10-25)20-18(23)24(12)13-7-4-5-8-14(13)28-3/h4-5,7-8,11,25H,6,9-10H2,1-3H3. The van der Waals surface area contributed by atoms with Gasteiger partial charge in [-0.2, -0.15) is 4.98 Å². The Bertz CT molecular complexity index is 1310. The summed E-state index contributed by atoms with van der Waals surface area (Å²) >= 11 is 0. The van der Waals surface area contributed by atoms with Gasteiger partial charge in [0.05, 0.1) is 12.8 Å². The highest BCUT2D eigenvalue weighted by molar-refractivity contribution is 5.76. The van der Waals surface area contributed by atoms with Crippen molar-refractivity contribution in [3.05, 3.63) is 57.0 Å². The van der Waals surface area contributed by atoms with Gasteiger partial charge in [-0.1, -0.05) is 12.1 Å². The lowest BCUT2D eigenvalue weighted by Gasteiger charge is -2.10. The highest BCUT2D eigenvalue weighted by atomic mass is 16.5. The summed E-state index contributed by atoms with van der Waals surface area (Å²) in [4.78, 5) is 30.2. The van der Waals surface area contributed by atoms with E-state index in [1.54, 1.807) is 18.6 Å². The second-order valence-electron chi connectivity index (χ2n) is 6.61. The van der Waals surface area contributed by atoms with Gasteiger partial charge in [-0.3, -0.25) is 22.9 Å². The number of aliphatic hydroxyl groups is 1. The van der Waals surface area contributed by atoms with Crippen LogP contribution >= 0.6 is 0 Å². The second kappa shape index (κ2) is 6.68. The van der Waals surface area contributed by atoms with E-state index in [2.05, 4.69) is 4.98 Å². The first-order valence-electron chi connectivity index (χ1n) is 8.93. The second-order valence-corrected chi connectivity index (χ2v) is 6.61. The van der Waals surface area contributed by atoms with Crippen LogP contribution in [0.4, 0.5) is 0 Å². The molecule has 1 N–H and O–H groups in total. The maximum Gasteiger partial charge on any atom is 0.332 e. The summed E-state index contributed by atoms with van der Waals surface area (Å²) in [6.07, 6.45) is 2.14. The van der Waals surface area contributed by atoms with Crippen LogP contribution < -0.4 is 16.0 Å². The zero-order valence-electron chi connectivity index (χ0n) is 15.9. The predicted molar refractivity (Wildman–Crippen MR) is 105 cm³/mol. The van der Waals surface area contributed by atoms with Crippen molar-refractivity contribution in [1.29, 1.82) is 0 Å². The van der Waals surface area contributed by atoms with Gasteiger partial charge < -0.3 is 9.84 Å². The number of ether oxygens (including phenoxy) is 1.